The Labute approximate surface area is 252 Å². The smallest absolute Gasteiger partial charge is 0.257 e. The normalized spacial score (nSPS) is 10.4. The number of rotatable bonds is 11. The van der Waals surface area contributed by atoms with Crippen LogP contribution in [0.2, 0.25) is 5.02 Å². The van der Waals surface area contributed by atoms with Gasteiger partial charge < -0.3 is 20.1 Å². The van der Waals surface area contributed by atoms with Crippen LogP contribution in [0.1, 0.15) is 22.3 Å². The van der Waals surface area contributed by atoms with Gasteiger partial charge in [0.15, 0.2) is 11.5 Å². The van der Waals surface area contributed by atoms with Crippen LogP contribution in [-0.2, 0) is 29.3 Å². The van der Waals surface area contributed by atoms with E-state index in [1.165, 1.54) is 0 Å². The Kier molecular flexibility index (Phi) is 10.6. The lowest BCUT2D eigenvalue weighted by molar-refractivity contribution is -0.123. The molecule has 0 aliphatic heterocycles. The standard InChI is InChI=1S/C32H28ClIN2O4/c1-39-29-18-25(17-28(34)30(29)40-21-24-12-14-26(33)15-13-24)16-27(31(37)35-19-22-8-4-2-5-9-22)32(38)36-20-23-10-6-3-7-11-23/h2-18H,19-21H2,1H3,(H,35,37)(H,36,38). The van der Waals surface area contributed by atoms with E-state index in [0.29, 0.717) is 41.8 Å². The lowest BCUT2D eigenvalue weighted by Crippen LogP contribution is -2.34. The summed E-state index contributed by atoms with van der Waals surface area (Å²) in [5.41, 5.74) is 3.43. The Hall–Kier alpha value is -3.82. The minimum absolute atomic E-state index is 0.0143. The van der Waals surface area contributed by atoms with Crippen molar-refractivity contribution in [2.24, 2.45) is 0 Å². The van der Waals surface area contributed by atoms with Gasteiger partial charge in [0.2, 0.25) is 0 Å². The van der Waals surface area contributed by atoms with Crippen molar-refractivity contribution in [3.8, 4) is 11.5 Å². The van der Waals surface area contributed by atoms with Gasteiger partial charge in [-0.3, -0.25) is 9.59 Å². The average Bonchev–Trinajstić information content (AvgIpc) is 2.98. The quantitative estimate of drug-likeness (QED) is 0.0825. The van der Waals surface area contributed by atoms with Crippen LogP contribution in [0.25, 0.3) is 6.08 Å². The Morgan fingerprint density at radius 1 is 0.800 bits per heavy atom. The molecule has 0 aromatic heterocycles. The summed E-state index contributed by atoms with van der Waals surface area (Å²) in [5, 5.41) is 6.38. The predicted octanol–water partition coefficient (Wildman–Crippen LogP) is 6.55. The molecule has 0 unspecified atom stereocenters. The van der Waals surface area contributed by atoms with Gasteiger partial charge in [-0.05, 0) is 75.2 Å². The summed E-state index contributed by atoms with van der Waals surface area (Å²) in [4.78, 5) is 26.5. The second-order valence-electron chi connectivity index (χ2n) is 8.84. The molecule has 0 bridgehead atoms. The molecular formula is C32H28ClIN2O4. The average molecular weight is 667 g/mol. The zero-order valence-corrected chi connectivity index (χ0v) is 24.7. The first-order valence-electron chi connectivity index (χ1n) is 12.5. The third kappa shape index (κ3) is 8.34. The molecule has 0 aliphatic carbocycles. The van der Waals surface area contributed by atoms with E-state index in [4.69, 9.17) is 21.1 Å². The van der Waals surface area contributed by atoms with Crippen molar-refractivity contribution in [2.75, 3.05) is 7.11 Å². The molecule has 2 N–H and O–H groups in total. The van der Waals surface area contributed by atoms with Crippen LogP contribution in [-0.4, -0.2) is 18.9 Å². The number of benzene rings is 4. The molecule has 40 heavy (non-hydrogen) atoms. The van der Waals surface area contributed by atoms with E-state index in [1.807, 2.05) is 91.0 Å². The molecule has 0 saturated heterocycles. The molecule has 0 fully saturated rings. The summed E-state index contributed by atoms with van der Waals surface area (Å²) in [5.74, 6) is 0.0950. The largest absolute Gasteiger partial charge is 0.493 e. The molecular weight excluding hydrogens is 639 g/mol. The first-order chi connectivity index (χ1) is 19.4. The molecule has 4 aromatic carbocycles. The van der Waals surface area contributed by atoms with Crippen LogP contribution in [0.15, 0.2) is 103 Å². The van der Waals surface area contributed by atoms with Gasteiger partial charge in [-0.2, -0.15) is 0 Å². The highest BCUT2D eigenvalue weighted by Gasteiger charge is 2.20. The molecule has 0 atom stereocenters. The van der Waals surface area contributed by atoms with Gasteiger partial charge in [0.25, 0.3) is 11.8 Å². The minimum Gasteiger partial charge on any atom is -0.493 e. The van der Waals surface area contributed by atoms with E-state index < -0.39 is 11.8 Å². The SMILES string of the molecule is COc1cc(C=C(C(=O)NCc2ccccc2)C(=O)NCc2ccccc2)cc(I)c1OCc1ccc(Cl)cc1. The molecule has 204 valence electrons. The van der Waals surface area contributed by atoms with Crippen LogP contribution in [0, 0.1) is 3.57 Å². The highest BCUT2D eigenvalue weighted by molar-refractivity contribution is 14.1. The summed E-state index contributed by atoms with van der Waals surface area (Å²) < 4.78 is 12.4. The van der Waals surface area contributed by atoms with Crippen LogP contribution >= 0.6 is 34.2 Å². The number of halogens is 2. The Balaban J connectivity index is 1.57. The van der Waals surface area contributed by atoms with Crippen LogP contribution in [0.4, 0.5) is 0 Å². The summed E-state index contributed by atoms with van der Waals surface area (Å²) >= 11 is 8.14. The molecule has 0 saturated carbocycles. The fourth-order valence-corrected chi connectivity index (χ4v) is 4.75. The first kappa shape index (κ1) is 29.2. The van der Waals surface area contributed by atoms with E-state index in [-0.39, 0.29) is 5.57 Å². The molecule has 8 heteroatoms. The van der Waals surface area contributed by atoms with Crippen molar-refractivity contribution in [2.45, 2.75) is 19.7 Å². The van der Waals surface area contributed by atoms with Crippen molar-refractivity contribution in [1.82, 2.24) is 10.6 Å². The topological polar surface area (TPSA) is 76.7 Å². The summed E-state index contributed by atoms with van der Waals surface area (Å²) in [6.07, 6.45) is 1.56. The van der Waals surface area contributed by atoms with Gasteiger partial charge in [-0.15, -0.1) is 0 Å². The lowest BCUT2D eigenvalue weighted by Gasteiger charge is -2.15. The Morgan fingerprint density at radius 2 is 1.35 bits per heavy atom. The summed E-state index contributed by atoms with van der Waals surface area (Å²) in [6, 6.07) is 30.1. The zero-order chi connectivity index (χ0) is 28.3. The van der Waals surface area contributed by atoms with E-state index in [9.17, 15) is 9.59 Å². The van der Waals surface area contributed by atoms with Crippen molar-refractivity contribution < 1.29 is 19.1 Å². The molecule has 0 heterocycles. The number of carbonyl (C=O) groups excluding carboxylic acids is 2. The second kappa shape index (κ2) is 14.5. The first-order valence-corrected chi connectivity index (χ1v) is 14.0. The maximum atomic E-state index is 13.3. The number of nitrogens with one attached hydrogen (secondary N) is 2. The van der Waals surface area contributed by atoms with E-state index in [2.05, 4.69) is 33.2 Å². The fraction of sp³-hybridized carbons (Fsp3) is 0.125. The van der Waals surface area contributed by atoms with E-state index in [1.54, 1.807) is 19.3 Å². The van der Waals surface area contributed by atoms with Gasteiger partial charge in [0.05, 0.1) is 10.7 Å². The van der Waals surface area contributed by atoms with Crippen molar-refractivity contribution in [3.63, 3.8) is 0 Å². The fourth-order valence-electron chi connectivity index (χ4n) is 3.85. The third-order valence-corrected chi connectivity index (χ3v) is 6.99. The van der Waals surface area contributed by atoms with E-state index in [0.717, 1.165) is 20.3 Å². The second-order valence-corrected chi connectivity index (χ2v) is 10.4. The Morgan fingerprint density at radius 3 is 1.88 bits per heavy atom. The van der Waals surface area contributed by atoms with Crippen molar-refractivity contribution in [1.29, 1.82) is 0 Å². The highest BCUT2D eigenvalue weighted by atomic mass is 127. The number of ether oxygens (including phenoxy) is 2. The number of amides is 2. The molecule has 0 spiro atoms. The van der Waals surface area contributed by atoms with Crippen LogP contribution < -0.4 is 20.1 Å². The Bertz CT molecular complexity index is 1420. The van der Waals surface area contributed by atoms with E-state index >= 15 is 0 Å². The number of carbonyl (C=O) groups is 2. The molecule has 4 aromatic rings. The van der Waals surface area contributed by atoms with Crippen LogP contribution in [0.5, 0.6) is 11.5 Å². The maximum absolute atomic E-state index is 13.3. The molecule has 0 aliphatic rings. The summed E-state index contributed by atoms with van der Waals surface area (Å²) in [6.45, 7) is 0.913. The van der Waals surface area contributed by atoms with Gasteiger partial charge in [0.1, 0.15) is 12.2 Å². The van der Waals surface area contributed by atoms with Gasteiger partial charge in [-0.25, -0.2) is 0 Å². The van der Waals surface area contributed by atoms with Crippen molar-refractivity contribution in [3.05, 3.63) is 133 Å². The predicted molar refractivity (Wildman–Crippen MR) is 166 cm³/mol. The molecule has 0 radical (unpaired) electrons. The summed E-state index contributed by atoms with van der Waals surface area (Å²) in [7, 11) is 1.55. The third-order valence-electron chi connectivity index (χ3n) is 5.94. The van der Waals surface area contributed by atoms with Gasteiger partial charge >= 0.3 is 0 Å². The number of methoxy groups -OCH3 is 1. The van der Waals surface area contributed by atoms with Gasteiger partial charge in [0, 0.05) is 18.1 Å². The number of hydrogen-bond donors (Lipinski definition) is 2. The number of hydrogen-bond acceptors (Lipinski definition) is 4. The monoisotopic (exact) mass is 666 g/mol. The van der Waals surface area contributed by atoms with Gasteiger partial charge in [-0.1, -0.05) is 84.4 Å². The van der Waals surface area contributed by atoms with Crippen molar-refractivity contribution >= 4 is 52.1 Å². The zero-order valence-electron chi connectivity index (χ0n) is 21.8. The lowest BCUT2D eigenvalue weighted by atomic mass is 10.1. The molecule has 2 amide bonds. The molecule has 6 nitrogen and oxygen atoms in total. The van der Waals surface area contributed by atoms with Crippen LogP contribution in [0.3, 0.4) is 0 Å². The molecule has 4 rings (SSSR count). The minimum atomic E-state index is -0.480. The highest BCUT2D eigenvalue weighted by Crippen LogP contribution is 2.35. The maximum Gasteiger partial charge on any atom is 0.257 e.